The SMILES string of the molecule is CN1CCOc2ccccc2CCCCC2(CCN(C(=O)c3cccc4[nH]ccc34)CC2)C1. The summed E-state index contributed by atoms with van der Waals surface area (Å²) in [4.78, 5) is 21.1. The molecule has 3 heterocycles. The lowest BCUT2D eigenvalue weighted by Crippen LogP contribution is -2.48. The molecule has 3 aromatic rings. The number of carbonyl (C=O) groups excluding carboxylic acids is 1. The highest BCUT2D eigenvalue weighted by atomic mass is 16.5. The molecule has 1 amide bonds. The molecule has 0 bridgehead atoms. The number of ether oxygens (including phenoxy) is 1. The Morgan fingerprint density at radius 2 is 1.82 bits per heavy atom. The lowest BCUT2D eigenvalue weighted by molar-refractivity contribution is 0.0426. The van der Waals surface area contributed by atoms with Crippen molar-refractivity contribution in [1.82, 2.24) is 14.8 Å². The summed E-state index contributed by atoms with van der Waals surface area (Å²) in [7, 11) is 2.22. The third-order valence-corrected chi connectivity index (χ3v) is 7.65. The van der Waals surface area contributed by atoms with Crippen LogP contribution in [0.15, 0.2) is 54.7 Å². The van der Waals surface area contributed by atoms with Crippen LogP contribution < -0.4 is 4.74 Å². The van der Waals surface area contributed by atoms with E-state index in [-0.39, 0.29) is 11.3 Å². The van der Waals surface area contributed by atoms with Gasteiger partial charge in [0.05, 0.1) is 0 Å². The van der Waals surface area contributed by atoms with Gasteiger partial charge in [0.2, 0.25) is 0 Å². The molecule has 0 aliphatic carbocycles. The van der Waals surface area contributed by atoms with Crippen molar-refractivity contribution in [3.05, 3.63) is 65.9 Å². The number of aryl methyl sites for hydroxylation is 1. The van der Waals surface area contributed by atoms with E-state index in [0.29, 0.717) is 0 Å². The zero-order valence-corrected chi connectivity index (χ0v) is 19.7. The summed E-state index contributed by atoms with van der Waals surface area (Å²) in [6.45, 7) is 4.40. The second-order valence-corrected chi connectivity index (χ2v) is 9.94. The van der Waals surface area contributed by atoms with Gasteiger partial charge in [-0.3, -0.25) is 4.79 Å². The summed E-state index contributed by atoms with van der Waals surface area (Å²) < 4.78 is 6.14. The summed E-state index contributed by atoms with van der Waals surface area (Å²) in [5, 5.41) is 1.02. The van der Waals surface area contributed by atoms with E-state index in [0.717, 1.165) is 74.3 Å². The van der Waals surface area contributed by atoms with Crippen LogP contribution in [-0.2, 0) is 6.42 Å². The van der Waals surface area contributed by atoms with E-state index in [1.165, 1.54) is 24.8 Å². The fourth-order valence-corrected chi connectivity index (χ4v) is 5.74. The minimum absolute atomic E-state index is 0.168. The maximum Gasteiger partial charge on any atom is 0.254 e. The van der Waals surface area contributed by atoms with Crippen LogP contribution in [0.25, 0.3) is 10.9 Å². The number of fused-ring (bicyclic) bond motifs is 2. The van der Waals surface area contributed by atoms with Gasteiger partial charge in [-0.25, -0.2) is 0 Å². The summed E-state index contributed by atoms with van der Waals surface area (Å²) in [5.41, 5.74) is 3.45. The van der Waals surface area contributed by atoms with Gasteiger partial charge >= 0.3 is 0 Å². The predicted molar refractivity (Wildman–Crippen MR) is 133 cm³/mol. The van der Waals surface area contributed by atoms with Gasteiger partial charge in [-0.15, -0.1) is 0 Å². The van der Waals surface area contributed by atoms with Crippen LogP contribution in [0.2, 0.25) is 0 Å². The average molecular weight is 446 g/mol. The van der Waals surface area contributed by atoms with Crippen molar-refractivity contribution in [2.75, 3.05) is 39.8 Å². The molecule has 1 N–H and O–H groups in total. The molecular formula is C28H35N3O2. The number of piperidine rings is 1. The van der Waals surface area contributed by atoms with Gasteiger partial charge in [0.15, 0.2) is 0 Å². The fraction of sp³-hybridized carbons (Fsp3) is 0.464. The summed E-state index contributed by atoms with van der Waals surface area (Å²) in [6.07, 6.45) is 8.77. The number of carbonyl (C=O) groups is 1. The van der Waals surface area contributed by atoms with Crippen LogP contribution in [0.4, 0.5) is 0 Å². The molecule has 1 aromatic heterocycles. The number of likely N-dealkylation sites (tertiary alicyclic amines) is 1. The lowest BCUT2D eigenvalue weighted by atomic mass is 9.73. The lowest BCUT2D eigenvalue weighted by Gasteiger charge is -2.44. The molecule has 1 spiro atoms. The Hall–Kier alpha value is -2.79. The number of para-hydroxylation sites is 1. The van der Waals surface area contributed by atoms with Crippen molar-refractivity contribution in [3.63, 3.8) is 0 Å². The molecule has 2 aliphatic rings. The van der Waals surface area contributed by atoms with Gasteiger partial charge < -0.3 is 19.5 Å². The number of hydrogen-bond acceptors (Lipinski definition) is 3. The minimum Gasteiger partial charge on any atom is -0.492 e. The largest absolute Gasteiger partial charge is 0.492 e. The van der Waals surface area contributed by atoms with Crippen molar-refractivity contribution in [2.24, 2.45) is 5.41 Å². The highest BCUT2D eigenvalue weighted by Gasteiger charge is 2.37. The highest BCUT2D eigenvalue weighted by molar-refractivity contribution is 6.06. The first-order valence-electron chi connectivity index (χ1n) is 12.4. The van der Waals surface area contributed by atoms with E-state index in [1.54, 1.807) is 0 Å². The van der Waals surface area contributed by atoms with Crippen molar-refractivity contribution in [1.29, 1.82) is 0 Å². The second-order valence-electron chi connectivity index (χ2n) is 9.94. The number of likely N-dealkylation sites (N-methyl/N-ethyl adjacent to an activating group) is 1. The predicted octanol–water partition coefficient (Wildman–Crippen LogP) is 5.13. The standard InChI is InChI=1S/C28H35N3O2/c1-30-19-20-33-26-11-3-2-7-22(26)8-4-5-13-28(21-30)14-17-31(18-15-28)27(32)24-9-6-10-25-23(24)12-16-29-25/h2-3,6-7,9-12,16,29H,4-5,8,13-15,17-21H2,1H3. The molecule has 2 aliphatic heterocycles. The number of H-pyrrole nitrogens is 1. The first kappa shape index (κ1) is 22.0. The van der Waals surface area contributed by atoms with Gasteiger partial charge in [-0.05, 0) is 74.4 Å². The third kappa shape index (κ3) is 4.79. The number of nitrogens with one attached hydrogen (secondary N) is 1. The van der Waals surface area contributed by atoms with E-state index in [9.17, 15) is 4.79 Å². The first-order chi connectivity index (χ1) is 16.1. The molecule has 33 heavy (non-hydrogen) atoms. The second kappa shape index (κ2) is 9.60. The smallest absolute Gasteiger partial charge is 0.254 e. The minimum atomic E-state index is 0.168. The Morgan fingerprint density at radius 1 is 0.970 bits per heavy atom. The topological polar surface area (TPSA) is 48.6 Å². The van der Waals surface area contributed by atoms with E-state index in [2.05, 4.69) is 46.1 Å². The monoisotopic (exact) mass is 445 g/mol. The Labute approximate surface area is 196 Å². The van der Waals surface area contributed by atoms with Gasteiger partial charge in [-0.1, -0.05) is 30.7 Å². The summed E-state index contributed by atoms with van der Waals surface area (Å²) in [5.74, 6) is 1.21. The Kier molecular flexibility index (Phi) is 6.41. The zero-order valence-electron chi connectivity index (χ0n) is 19.7. The van der Waals surface area contributed by atoms with Crippen molar-refractivity contribution in [2.45, 2.75) is 38.5 Å². The molecule has 5 heteroatoms. The van der Waals surface area contributed by atoms with Crippen LogP contribution in [0.3, 0.4) is 0 Å². The Balaban J connectivity index is 1.26. The molecule has 0 unspecified atom stereocenters. The van der Waals surface area contributed by atoms with E-state index < -0.39 is 0 Å². The molecular weight excluding hydrogens is 410 g/mol. The number of aromatic amines is 1. The molecule has 2 aromatic carbocycles. The Bertz CT molecular complexity index is 1100. The van der Waals surface area contributed by atoms with Crippen LogP contribution in [0.5, 0.6) is 5.75 Å². The van der Waals surface area contributed by atoms with Gasteiger partial charge in [-0.2, -0.15) is 0 Å². The van der Waals surface area contributed by atoms with E-state index >= 15 is 0 Å². The number of hydrogen-bond donors (Lipinski definition) is 1. The van der Waals surface area contributed by atoms with Gasteiger partial charge in [0.25, 0.3) is 5.91 Å². The zero-order chi connectivity index (χ0) is 22.7. The molecule has 1 saturated heterocycles. The molecule has 174 valence electrons. The van der Waals surface area contributed by atoms with Crippen LogP contribution in [0, 0.1) is 5.41 Å². The molecule has 5 rings (SSSR count). The van der Waals surface area contributed by atoms with Crippen molar-refractivity contribution >= 4 is 16.8 Å². The first-order valence-corrected chi connectivity index (χ1v) is 12.4. The maximum atomic E-state index is 13.4. The molecule has 1 fully saturated rings. The highest BCUT2D eigenvalue weighted by Crippen LogP contribution is 2.38. The van der Waals surface area contributed by atoms with Crippen LogP contribution in [-0.4, -0.2) is 60.5 Å². The van der Waals surface area contributed by atoms with E-state index in [4.69, 9.17) is 4.74 Å². The molecule has 5 nitrogen and oxygen atoms in total. The summed E-state index contributed by atoms with van der Waals surface area (Å²) >= 11 is 0. The van der Waals surface area contributed by atoms with Crippen LogP contribution >= 0.6 is 0 Å². The average Bonchev–Trinajstić information content (AvgIpc) is 3.31. The normalized spacial score (nSPS) is 20.0. The van der Waals surface area contributed by atoms with Gasteiger partial charge in [0.1, 0.15) is 12.4 Å². The van der Waals surface area contributed by atoms with Crippen molar-refractivity contribution in [3.8, 4) is 5.75 Å². The van der Waals surface area contributed by atoms with E-state index in [1.807, 2.05) is 30.5 Å². The number of benzene rings is 2. The number of nitrogens with zero attached hydrogens (tertiary/aromatic N) is 2. The third-order valence-electron chi connectivity index (χ3n) is 7.65. The quantitative estimate of drug-likeness (QED) is 0.565. The Morgan fingerprint density at radius 3 is 2.70 bits per heavy atom. The number of aromatic nitrogens is 1. The van der Waals surface area contributed by atoms with Gasteiger partial charge in [0, 0.05) is 48.8 Å². The molecule has 0 atom stereocenters. The van der Waals surface area contributed by atoms with Crippen LogP contribution in [0.1, 0.15) is 48.0 Å². The van der Waals surface area contributed by atoms with Crippen molar-refractivity contribution < 1.29 is 9.53 Å². The molecule has 0 saturated carbocycles. The fourth-order valence-electron chi connectivity index (χ4n) is 5.74. The molecule has 0 radical (unpaired) electrons. The number of rotatable bonds is 1. The maximum absolute atomic E-state index is 13.4. The number of amides is 1. The summed E-state index contributed by atoms with van der Waals surface area (Å²) in [6, 6.07) is 16.5.